The van der Waals surface area contributed by atoms with Crippen molar-refractivity contribution in [2.45, 2.75) is 27.7 Å². The molecule has 0 aromatic carbocycles. The van der Waals surface area contributed by atoms with Crippen molar-refractivity contribution in [2.24, 2.45) is 0 Å². The average Bonchev–Trinajstić information content (AvgIpc) is 2.38. The van der Waals surface area contributed by atoms with Crippen molar-refractivity contribution in [3.8, 4) is 0 Å². The van der Waals surface area contributed by atoms with E-state index in [-0.39, 0.29) is 0 Å². The van der Waals surface area contributed by atoms with Gasteiger partial charge in [0.2, 0.25) is 0 Å². The van der Waals surface area contributed by atoms with Gasteiger partial charge in [-0.25, -0.2) is 0 Å². The summed E-state index contributed by atoms with van der Waals surface area (Å²) in [5, 5.41) is 0. The summed E-state index contributed by atoms with van der Waals surface area (Å²) in [6, 6.07) is 6.62. The third-order valence-corrected chi connectivity index (χ3v) is 2.83. The smallest absolute Gasteiger partial charge is 0.0487 e. The predicted octanol–water partition coefficient (Wildman–Crippen LogP) is 3.17. The molecule has 2 aromatic heterocycles. The van der Waals surface area contributed by atoms with Crippen molar-refractivity contribution in [3.63, 3.8) is 0 Å². The fourth-order valence-electron chi connectivity index (χ4n) is 1.88. The molecule has 0 atom stereocenters. The molecule has 0 N–H and O–H groups in total. The third kappa shape index (κ3) is 1.07. The number of hydrogen-bond donors (Lipinski definition) is 0. The van der Waals surface area contributed by atoms with Crippen LogP contribution in [0.3, 0.4) is 0 Å². The zero-order valence-corrected chi connectivity index (χ0v) is 8.68. The largest absolute Gasteiger partial charge is 0.318 e. The average molecular weight is 173 g/mol. The Kier molecular flexibility index (Phi) is 1.69. The fraction of sp³-hybridized carbons (Fsp3) is 0.333. The van der Waals surface area contributed by atoms with E-state index in [2.05, 4.69) is 50.3 Å². The van der Waals surface area contributed by atoms with E-state index in [9.17, 15) is 0 Å². The molecule has 1 heteroatoms. The minimum atomic E-state index is 1.31. The molecule has 0 radical (unpaired) electrons. The number of fused-ring (bicyclic) bond motifs is 1. The van der Waals surface area contributed by atoms with Gasteiger partial charge in [-0.05, 0) is 51.0 Å². The molecule has 13 heavy (non-hydrogen) atoms. The minimum absolute atomic E-state index is 1.31. The molecule has 0 saturated heterocycles. The van der Waals surface area contributed by atoms with Crippen LogP contribution >= 0.6 is 0 Å². The molecular formula is C12H15N. The number of aryl methyl sites for hydroxylation is 4. The normalized spacial score (nSPS) is 11.1. The van der Waals surface area contributed by atoms with Crippen molar-refractivity contribution >= 4 is 5.52 Å². The lowest BCUT2D eigenvalue weighted by Gasteiger charge is -2.05. The van der Waals surface area contributed by atoms with Gasteiger partial charge in [0.1, 0.15) is 0 Å². The van der Waals surface area contributed by atoms with Crippen LogP contribution in [0, 0.1) is 27.7 Å². The molecule has 0 aliphatic heterocycles. The van der Waals surface area contributed by atoms with E-state index in [0.717, 1.165) is 0 Å². The zero-order valence-electron chi connectivity index (χ0n) is 8.68. The minimum Gasteiger partial charge on any atom is -0.318 e. The van der Waals surface area contributed by atoms with Crippen LogP contribution in [0.1, 0.15) is 22.5 Å². The van der Waals surface area contributed by atoms with Crippen molar-refractivity contribution in [3.05, 3.63) is 40.7 Å². The number of hydrogen-bond acceptors (Lipinski definition) is 0. The van der Waals surface area contributed by atoms with E-state index in [1.54, 1.807) is 0 Å². The second-order valence-corrected chi connectivity index (χ2v) is 3.79. The number of pyridine rings is 1. The molecule has 68 valence electrons. The first kappa shape index (κ1) is 8.36. The molecule has 1 nitrogen and oxygen atoms in total. The van der Waals surface area contributed by atoms with Crippen molar-refractivity contribution in [1.82, 2.24) is 4.40 Å². The summed E-state index contributed by atoms with van der Waals surface area (Å²) >= 11 is 0. The van der Waals surface area contributed by atoms with Crippen LogP contribution in [0.15, 0.2) is 18.2 Å². The topological polar surface area (TPSA) is 4.41 Å². The van der Waals surface area contributed by atoms with E-state index in [1.165, 1.54) is 28.0 Å². The van der Waals surface area contributed by atoms with Crippen LogP contribution in [-0.4, -0.2) is 4.40 Å². The molecule has 0 aliphatic rings. The summed E-state index contributed by atoms with van der Waals surface area (Å²) in [7, 11) is 0. The molecule has 0 unspecified atom stereocenters. The zero-order chi connectivity index (χ0) is 9.59. The Balaban J connectivity index is 3.00. The maximum Gasteiger partial charge on any atom is 0.0487 e. The Morgan fingerprint density at radius 3 is 2.23 bits per heavy atom. The molecule has 0 spiro atoms. The molecule has 2 heterocycles. The van der Waals surface area contributed by atoms with Gasteiger partial charge in [-0.1, -0.05) is 6.07 Å². The monoisotopic (exact) mass is 173 g/mol. The maximum atomic E-state index is 2.32. The summed E-state index contributed by atoms with van der Waals surface area (Å²) in [6.07, 6.45) is 0. The summed E-state index contributed by atoms with van der Waals surface area (Å²) in [4.78, 5) is 0. The van der Waals surface area contributed by atoms with Crippen LogP contribution in [0.2, 0.25) is 0 Å². The number of aromatic nitrogens is 1. The van der Waals surface area contributed by atoms with Crippen LogP contribution < -0.4 is 0 Å². The lowest BCUT2D eigenvalue weighted by Crippen LogP contribution is -1.94. The van der Waals surface area contributed by atoms with Gasteiger partial charge in [0, 0.05) is 16.9 Å². The van der Waals surface area contributed by atoms with Gasteiger partial charge in [0.25, 0.3) is 0 Å². The van der Waals surface area contributed by atoms with Gasteiger partial charge < -0.3 is 4.40 Å². The Morgan fingerprint density at radius 1 is 0.923 bits per heavy atom. The van der Waals surface area contributed by atoms with Gasteiger partial charge in [-0.15, -0.1) is 0 Å². The first-order valence-corrected chi connectivity index (χ1v) is 4.66. The SMILES string of the molecule is Cc1cc2c(C)ccc(C)n2c1C. The molecule has 0 amide bonds. The highest BCUT2D eigenvalue weighted by Crippen LogP contribution is 2.20. The standard InChI is InChI=1S/C12H15N/c1-8-5-6-10(3)13-11(4)9(2)7-12(8)13/h5-7H,1-4H3. The Bertz CT molecular complexity index is 463. The number of nitrogens with zero attached hydrogens (tertiary/aromatic N) is 1. The summed E-state index contributed by atoms with van der Waals surface area (Å²) in [6.45, 7) is 8.66. The second-order valence-electron chi connectivity index (χ2n) is 3.79. The first-order valence-electron chi connectivity index (χ1n) is 4.66. The third-order valence-electron chi connectivity index (χ3n) is 2.83. The van der Waals surface area contributed by atoms with Crippen molar-refractivity contribution < 1.29 is 0 Å². The van der Waals surface area contributed by atoms with Gasteiger partial charge in [0.15, 0.2) is 0 Å². The molecule has 0 aliphatic carbocycles. The van der Waals surface area contributed by atoms with E-state index >= 15 is 0 Å². The summed E-state index contributed by atoms with van der Waals surface area (Å²) < 4.78 is 2.32. The van der Waals surface area contributed by atoms with Crippen LogP contribution in [0.4, 0.5) is 0 Å². The first-order chi connectivity index (χ1) is 6.11. The molecule has 0 saturated carbocycles. The molecule has 2 aromatic rings. The van der Waals surface area contributed by atoms with Gasteiger partial charge in [0.05, 0.1) is 0 Å². The van der Waals surface area contributed by atoms with Crippen LogP contribution in [0.5, 0.6) is 0 Å². The lowest BCUT2D eigenvalue weighted by molar-refractivity contribution is 1.02. The van der Waals surface area contributed by atoms with Crippen molar-refractivity contribution in [1.29, 1.82) is 0 Å². The second kappa shape index (κ2) is 2.63. The van der Waals surface area contributed by atoms with Gasteiger partial charge in [-0.2, -0.15) is 0 Å². The van der Waals surface area contributed by atoms with E-state index in [0.29, 0.717) is 0 Å². The Labute approximate surface area is 79.0 Å². The van der Waals surface area contributed by atoms with Crippen LogP contribution in [0.25, 0.3) is 5.52 Å². The molecule has 2 rings (SSSR count). The highest BCUT2D eigenvalue weighted by Gasteiger charge is 2.05. The van der Waals surface area contributed by atoms with Crippen molar-refractivity contribution in [2.75, 3.05) is 0 Å². The van der Waals surface area contributed by atoms with E-state index < -0.39 is 0 Å². The van der Waals surface area contributed by atoms with E-state index in [4.69, 9.17) is 0 Å². The molecular weight excluding hydrogens is 158 g/mol. The Hall–Kier alpha value is -1.24. The summed E-state index contributed by atoms with van der Waals surface area (Å²) in [5.74, 6) is 0. The Morgan fingerprint density at radius 2 is 1.62 bits per heavy atom. The fourth-order valence-corrected chi connectivity index (χ4v) is 1.88. The molecule has 0 bridgehead atoms. The van der Waals surface area contributed by atoms with Gasteiger partial charge >= 0.3 is 0 Å². The van der Waals surface area contributed by atoms with Gasteiger partial charge in [-0.3, -0.25) is 0 Å². The molecule has 0 fully saturated rings. The summed E-state index contributed by atoms with van der Waals surface area (Å²) in [5.41, 5.74) is 6.73. The highest BCUT2D eigenvalue weighted by molar-refractivity contribution is 5.59. The number of rotatable bonds is 0. The maximum absolute atomic E-state index is 2.32. The van der Waals surface area contributed by atoms with Crippen LogP contribution in [-0.2, 0) is 0 Å². The predicted molar refractivity (Wildman–Crippen MR) is 56.3 cm³/mol. The van der Waals surface area contributed by atoms with E-state index in [1.807, 2.05) is 0 Å². The highest BCUT2D eigenvalue weighted by atomic mass is 14.9. The quantitative estimate of drug-likeness (QED) is 0.576. The lowest BCUT2D eigenvalue weighted by atomic mass is 10.2.